The van der Waals surface area contributed by atoms with Crippen LogP contribution >= 0.6 is 0 Å². The van der Waals surface area contributed by atoms with Crippen molar-refractivity contribution in [2.24, 2.45) is 0 Å². The minimum atomic E-state index is -0.204. The van der Waals surface area contributed by atoms with Crippen LogP contribution in [0, 0.1) is 18.3 Å². The molecule has 0 unspecified atom stereocenters. The van der Waals surface area contributed by atoms with Crippen LogP contribution in [-0.4, -0.2) is 12.5 Å². The lowest BCUT2D eigenvalue weighted by Gasteiger charge is -2.03. The van der Waals surface area contributed by atoms with Gasteiger partial charge in [0.2, 0.25) is 5.91 Å². The summed E-state index contributed by atoms with van der Waals surface area (Å²) >= 11 is 0. The number of rotatable bonds is 4. The van der Waals surface area contributed by atoms with E-state index in [1.165, 1.54) is 11.1 Å². The Morgan fingerprint density at radius 2 is 2.07 bits per heavy atom. The van der Waals surface area contributed by atoms with Gasteiger partial charge >= 0.3 is 0 Å². The summed E-state index contributed by atoms with van der Waals surface area (Å²) in [6.07, 6.45) is 0.741. The number of benzene rings is 1. The van der Waals surface area contributed by atoms with E-state index >= 15 is 0 Å². The van der Waals surface area contributed by atoms with Crippen molar-refractivity contribution >= 4 is 5.91 Å². The third-order valence-corrected chi connectivity index (χ3v) is 2.10. The Bertz CT molecular complexity index is 362. The molecule has 0 aliphatic heterocycles. The Hall–Kier alpha value is -1.82. The van der Waals surface area contributed by atoms with Crippen molar-refractivity contribution in [2.45, 2.75) is 19.8 Å². The highest BCUT2D eigenvalue weighted by molar-refractivity contribution is 5.77. The van der Waals surface area contributed by atoms with E-state index in [-0.39, 0.29) is 12.3 Å². The number of aryl methyl sites for hydroxylation is 1. The number of carbonyl (C=O) groups is 1. The van der Waals surface area contributed by atoms with Gasteiger partial charge in [-0.2, -0.15) is 5.26 Å². The SMILES string of the molecule is Cc1ccc(CCNC(=O)CC#N)cc1. The van der Waals surface area contributed by atoms with Gasteiger partial charge in [-0.15, -0.1) is 0 Å². The minimum Gasteiger partial charge on any atom is -0.355 e. The van der Waals surface area contributed by atoms with Crippen molar-refractivity contribution in [2.75, 3.05) is 6.54 Å². The van der Waals surface area contributed by atoms with Crippen molar-refractivity contribution in [3.05, 3.63) is 35.4 Å². The van der Waals surface area contributed by atoms with Crippen molar-refractivity contribution < 1.29 is 4.79 Å². The van der Waals surface area contributed by atoms with E-state index in [2.05, 4.69) is 5.32 Å². The van der Waals surface area contributed by atoms with Gasteiger partial charge in [-0.3, -0.25) is 4.79 Å². The summed E-state index contributed by atoms with van der Waals surface area (Å²) in [7, 11) is 0. The van der Waals surface area contributed by atoms with E-state index in [9.17, 15) is 4.79 Å². The van der Waals surface area contributed by atoms with Crippen LogP contribution in [-0.2, 0) is 11.2 Å². The van der Waals surface area contributed by atoms with Crippen LogP contribution in [0.4, 0.5) is 0 Å². The van der Waals surface area contributed by atoms with Crippen LogP contribution in [0.5, 0.6) is 0 Å². The third-order valence-electron chi connectivity index (χ3n) is 2.10. The van der Waals surface area contributed by atoms with Gasteiger partial charge in [0, 0.05) is 6.54 Å². The molecule has 0 bridgehead atoms. The Kier molecular flexibility index (Phi) is 4.36. The molecular weight excluding hydrogens is 188 g/mol. The smallest absolute Gasteiger partial charge is 0.234 e. The van der Waals surface area contributed by atoms with Gasteiger partial charge in [-0.1, -0.05) is 29.8 Å². The van der Waals surface area contributed by atoms with Crippen LogP contribution in [0.2, 0.25) is 0 Å². The second-order valence-corrected chi connectivity index (χ2v) is 3.42. The van der Waals surface area contributed by atoms with E-state index in [4.69, 9.17) is 5.26 Å². The molecule has 3 nitrogen and oxygen atoms in total. The van der Waals surface area contributed by atoms with Crippen molar-refractivity contribution in [3.8, 4) is 6.07 Å². The number of nitriles is 1. The van der Waals surface area contributed by atoms with E-state index in [1.54, 1.807) is 0 Å². The topological polar surface area (TPSA) is 52.9 Å². The molecule has 1 aromatic carbocycles. The lowest BCUT2D eigenvalue weighted by molar-refractivity contribution is -0.120. The zero-order valence-corrected chi connectivity index (χ0v) is 8.79. The number of amides is 1. The van der Waals surface area contributed by atoms with Crippen LogP contribution in [0.1, 0.15) is 17.5 Å². The van der Waals surface area contributed by atoms with Crippen molar-refractivity contribution in [1.82, 2.24) is 5.32 Å². The van der Waals surface area contributed by atoms with Crippen LogP contribution in [0.15, 0.2) is 24.3 Å². The monoisotopic (exact) mass is 202 g/mol. The number of nitrogens with zero attached hydrogens (tertiary/aromatic N) is 1. The summed E-state index contributed by atoms with van der Waals surface area (Å²) < 4.78 is 0. The molecule has 0 saturated heterocycles. The van der Waals surface area contributed by atoms with Gasteiger partial charge in [0.15, 0.2) is 0 Å². The van der Waals surface area contributed by atoms with Gasteiger partial charge in [0.1, 0.15) is 6.42 Å². The highest BCUT2D eigenvalue weighted by Crippen LogP contribution is 2.02. The second kappa shape index (κ2) is 5.82. The minimum absolute atomic E-state index is 0.0616. The zero-order chi connectivity index (χ0) is 11.1. The molecule has 0 saturated carbocycles. The maximum atomic E-state index is 11.0. The van der Waals surface area contributed by atoms with Crippen LogP contribution in [0.3, 0.4) is 0 Å². The number of hydrogen-bond acceptors (Lipinski definition) is 2. The summed E-state index contributed by atoms with van der Waals surface area (Å²) in [4.78, 5) is 11.0. The Balaban J connectivity index is 2.29. The van der Waals surface area contributed by atoms with E-state index in [0.29, 0.717) is 6.54 Å². The molecule has 1 aromatic rings. The first-order valence-corrected chi connectivity index (χ1v) is 4.91. The molecule has 0 aromatic heterocycles. The molecule has 0 aliphatic carbocycles. The van der Waals surface area contributed by atoms with Crippen molar-refractivity contribution in [3.63, 3.8) is 0 Å². The molecule has 1 amide bonds. The summed E-state index contributed by atoms with van der Waals surface area (Å²) in [5.74, 6) is -0.204. The molecule has 0 atom stereocenters. The molecule has 0 radical (unpaired) electrons. The third kappa shape index (κ3) is 4.28. The number of nitrogens with one attached hydrogen (secondary N) is 1. The van der Waals surface area contributed by atoms with E-state index in [0.717, 1.165) is 6.42 Å². The standard InChI is InChI=1S/C12H14N2O/c1-10-2-4-11(5-3-10)7-9-14-12(15)6-8-13/h2-5H,6-7,9H2,1H3,(H,14,15). The molecule has 0 heterocycles. The fourth-order valence-electron chi connectivity index (χ4n) is 1.24. The highest BCUT2D eigenvalue weighted by atomic mass is 16.1. The molecule has 0 spiro atoms. The van der Waals surface area contributed by atoms with Crippen LogP contribution < -0.4 is 5.32 Å². The maximum Gasteiger partial charge on any atom is 0.234 e. The Morgan fingerprint density at radius 3 is 2.67 bits per heavy atom. The van der Waals surface area contributed by atoms with Gasteiger partial charge in [0.25, 0.3) is 0 Å². The Labute approximate surface area is 89.7 Å². The molecule has 3 heteroatoms. The zero-order valence-electron chi connectivity index (χ0n) is 8.79. The molecule has 0 aliphatic rings. The first-order valence-electron chi connectivity index (χ1n) is 4.91. The number of carbonyl (C=O) groups excluding carboxylic acids is 1. The van der Waals surface area contributed by atoms with E-state index in [1.807, 2.05) is 37.3 Å². The average Bonchev–Trinajstić information content (AvgIpc) is 2.21. The Morgan fingerprint density at radius 1 is 1.40 bits per heavy atom. The molecule has 78 valence electrons. The van der Waals surface area contributed by atoms with Gasteiger partial charge in [0.05, 0.1) is 6.07 Å². The van der Waals surface area contributed by atoms with Crippen LogP contribution in [0.25, 0.3) is 0 Å². The predicted octanol–water partition coefficient (Wildman–Crippen LogP) is 1.57. The fraction of sp³-hybridized carbons (Fsp3) is 0.333. The van der Waals surface area contributed by atoms with E-state index < -0.39 is 0 Å². The largest absolute Gasteiger partial charge is 0.355 e. The highest BCUT2D eigenvalue weighted by Gasteiger charge is 1.98. The fourth-order valence-corrected chi connectivity index (χ4v) is 1.24. The molecule has 1 N–H and O–H groups in total. The van der Waals surface area contributed by atoms with Gasteiger partial charge in [-0.05, 0) is 18.9 Å². The normalized spacial score (nSPS) is 9.33. The summed E-state index contributed by atoms with van der Waals surface area (Å²) in [5.41, 5.74) is 2.42. The lowest BCUT2D eigenvalue weighted by Crippen LogP contribution is -2.24. The second-order valence-electron chi connectivity index (χ2n) is 3.42. The van der Waals surface area contributed by atoms with Gasteiger partial charge in [-0.25, -0.2) is 0 Å². The molecule has 0 fully saturated rings. The van der Waals surface area contributed by atoms with Crippen molar-refractivity contribution in [1.29, 1.82) is 5.26 Å². The summed E-state index contributed by atoms with van der Waals surface area (Å²) in [5, 5.41) is 11.0. The quantitative estimate of drug-likeness (QED) is 0.805. The van der Waals surface area contributed by atoms with Gasteiger partial charge < -0.3 is 5.32 Å². The predicted molar refractivity (Wildman–Crippen MR) is 58.1 cm³/mol. The summed E-state index contributed by atoms with van der Waals surface area (Å²) in [6.45, 7) is 2.63. The molecule has 1 rings (SSSR count). The number of hydrogen-bond donors (Lipinski definition) is 1. The molecule has 15 heavy (non-hydrogen) atoms. The molecular formula is C12H14N2O. The average molecular weight is 202 g/mol. The first kappa shape index (κ1) is 11.3. The lowest BCUT2D eigenvalue weighted by atomic mass is 10.1. The summed E-state index contributed by atoms with van der Waals surface area (Å²) in [6, 6.07) is 10.0. The maximum absolute atomic E-state index is 11.0. The first-order chi connectivity index (χ1) is 7.22.